The minimum absolute atomic E-state index is 0.0883. The summed E-state index contributed by atoms with van der Waals surface area (Å²) in [5.74, 6) is 0.0883. The van der Waals surface area contributed by atoms with Gasteiger partial charge in [-0.1, -0.05) is 24.3 Å². The maximum absolute atomic E-state index is 12.0. The van der Waals surface area contributed by atoms with Crippen LogP contribution in [0.3, 0.4) is 0 Å². The average Bonchev–Trinajstić information content (AvgIpc) is 3.15. The van der Waals surface area contributed by atoms with E-state index in [1.807, 2.05) is 0 Å². The summed E-state index contributed by atoms with van der Waals surface area (Å²) < 4.78 is 0. The first-order valence-electron chi connectivity index (χ1n) is 7.50. The van der Waals surface area contributed by atoms with E-state index < -0.39 is 0 Å². The third kappa shape index (κ3) is 3.02. The van der Waals surface area contributed by atoms with Crippen LogP contribution in [0.2, 0.25) is 0 Å². The first-order chi connectivity index (χ1) is 9.78. The molecular weight excluding hydrogens is 252 g/mol. The minimum atomic E-state index is 0.0883. The molecule has 0 heterocycles. The van der Waals surface area contributed by atoms with Crippen LogP contribution in [0.25, 0.3) is 0 Å². The van der Waals surface area contributed by atoms with Gasteiger partial charge in [0, 0.05) is 18.6 Å². The second-order valence-electron chi connectivity index (χ2n) is 5.79. The number of aliphatic hydroxyl groups is 1. The van der Waals surface area contributed by atoms with Gasteiger partial charge in [-0.3, -0.25) is 9.69 Å². The molecular formula is C16H22N2O2. The molecule has 0 spiro atoms. The highest BCUT2D eigenvalue weighted by Gasteiger charge is 2.30. The van der Waals surface area contributed by atoms with Crippen molar-refractivity contribution in [3.63, 3.8) is 0 Å². The molecule has 0 bridgehead atoms. The molecule has 1 amide bonds. The van der Waals surface area contributed by atoms with Gasteiger partial charge in [-0.15, -0.1) is 0 Å². The van der Waals surface area contributed by atoms with Crippen LogP contribution in [0.1, 0.15) is 36.4 Å². The smallest absolute Gasteiger partial charge is 0.234 e. The first-order valence-corrected chi connectivity index (χ1v) is 7.50. The fourth-order valence-electron chi connectivity index (χ4n) is 3.07. The van der Waals surface area contributed by atoms with Crippen molar-refractivity contribution in [3.8, 4) is 0 Å². The number of fused-ring (bicyclic) bond motifs is 1. The fraction of sp³-hybridized carbons (Fsp3) is 0.562. The minimum Gasteiger partial charge on any atom is -0.395 e. The fourth-order valence-corrected chi connectivity index (χ4v) is 3.07. The van der Waals surface area contributed by atoms with E-state index in [0.29, 0.717) is 19.1 Å². The molecule has 108 valence electrons. The van der Waals surface area contributed by atoms with Gasteiger partial charge < -0.3 is 10.4 Å². The molecule has 2 aliphatic rings. The molecule has 0 saturated heterocycles. The van der Waals surface area contributed by atoms with Crippen LogP contribution >= 0.6 is 0 Å². The summed E-state index contributed by atoms with van der Waals surface area (Å²) in [6.07, 6.45) is 4.32. The van der Waals surface area contributed by atoms with Crippen molar-refractivity contribution in [2.24, 2.45) is 0 Å². The van der Waals surface area contributed by atoms with Crippen molar-refractivity contribution in [1.82, 2.24) is 10.2 Å². The maximum atomic E-state index is 12.0. The topological polar surface area (TPSA) is 52.6 Å². The maximum Gasteiger partial charge on any atom is 0.234 e. The molecule has 1 fully saturated rings. The Morgan fingerprint density at radius 2 is 2.10 bits per heavy atom. The second-order valence-corrected chi connectivity index (χ2v) is 5.79. The number of rotatable bonds is 6. The molecule has 2 aliphatic carbocycles. The van der Waals surface area contributed by atoms with Gasteiger partial charge in [-0.25, -0.2) is 0 Å². The van der Waals surface area contributed by atoms with Gasteiger partial charge in [0.1, 0.15) is 0 Å². The molecule has 4 heteroatoms. The lowest BCUT2D eigenvalue weighted by Gasteiger charge is -2.28. The van der Waals surface area contributed by atoms with Crippen LogP contribution in [0.4, 0.5) is 0 Å². The number of aryl methyl sites for hydroxylation is 1. The summed E-state index contributed by atoms with van der Waals surface area (Å²) in [6, 6.07) is 9.10. The summed E-state index contributed by atoms with van der Waals surface area (Å²) in [4.78, 5) is 14.1. The Kier molecular flexibility index (Phi) is 4.03. The predicted octanol–water partition coefficient (Wildman–Crippen LogP) is 1.25. The number of carbonyl (C=O) groups excluding carboxylic acids is 1. The summed E-state index contributed by atoms with van der Waals surface area (Å²) in [5.41, 5.74) is 2.70. The van der Waals surface area contributed by atoms with E-state index in [-0.39, 0.29) is 18.6 Å². The van der Waals surface area contributed by atoms with Crippen LogP contribution in [-0.4, -0.2) is 41.7 Å². The Hall–Kier alpha value is -1.39. The number of aliphatic hydroxyl groups excluding tert-OH is 1. The molecule has 4 nitrogen and oxygen atoms in total. The Balaban J connectivity index is 1.68. The predicted molar refractivity (Wildman–Crippen MR) is 77.3 cm³/mol. The Labute approximate surface area is 119 Å². The van der Waals surface area contributed by atoms with Crippen LogP contribution in [0.5, 0.6) is 0 Å². The van der Waals surface area contributed by atoms with Gasteiger partial charge in [-0.05, 0) is 36.8 Å². The normalized spacial score (nSPS) is 21.0. The SMILES string of the molecule is O=C(CN(CCO)C1CCc2ccccc21)NC1CC1. The third-order valence-corrected chi connectivity index (χ3v) is 4.22. The Morgan fingerprint density at radius 1 is 1.30 bits per heavy atom. The highest BCUT2D eigenvalue weighted by atomic mass is 16.3. The van der Waals surface area contributed by atoms with E-state index in [4.69, 9.17) is 0 Å². The van der Waals surface area contributed by atoms with Gasteiger partial charge in [0.05, 0.1) is 13.2 Å². The number of nitrogens with zero attached hydrogens (tertiary/aromatic N) is 1. The number of carbonyl (C=O) groups is 1. The van der Waals surface area contributed by atoms with Crippen molar-refractivity contribution in [3.05, 3.63) is 35.4 Å². The van der Waals surface area contributed by atoms with Gasteiger partial charge in [0.15, 0.2) is 0 Å². The number of hydrogen-bond acceptors (Lipinski definition) is 3. The third-order valence-electron chi connectivity index (χ3n) is 4.22. The molecule has 1 saturated carbocycles. The van der Waals surface area contributed by atoms with E-state index >= 15 is 0 Å². The highest BCUT2D eigenvalue weighted by Crippen LogP contribution is 2.35. The van der Waals surface area contributed by atoms with Crippen LogP contribution in [-0.2, 0) is 11.2 Å². The quantitative estimate of drug-likeness (QED) is 0.821. The summed E-state index contributed by atoms with van der Waals surface area (Å²) in [6.45, 7) is 1.03. The lowest BCUT2D eigenvalue weighted by atomic mass is 10.1. The molecule has 1 atom stereocenters. The highest BCUT2D eigenvalue weighted by molar-refractivity contribution is 5.78. The van der Waals surface area contributed by atoms with E-state index in [9.17, 15) is 9.90 Å². The second kappa shape index (κ2) is 5.94. The zero-order chi connectivity index (χ0) is 13.9. The van der Waals surface area contributed by atoms with Gasteiger partial charge >= 0.3 is 0 Å². The summed E-state index contributed by atoms with van der Waals surface area (Å²) in [7, 11) is 0. The summed E-state index contributed by atoms with van der Waals surface area (Å²) >= 11 is 0. The van der Waals surface area contributed by atoms with Gasteiger partial charge in [-0.2, -0.15) is 0 Å². The molecule has 3 rings (SSSR count). The Bertz CT molecular complexity index is 485. The van der Waals surface area contributed by atoms with Crippen LogP contribution in [0, 0.1) is 0 Å². The van der Waals surface area contributed by atoms with Crippen LogP contribution in [0.15, 0.2) is 24.3 Å². The zero-order valence-corrected chi connectivity index (χ0v) is 11.7. The molecule has 0 aliphatic heterocycles. The van der Waals surface area contributed by atoms with E-state index in [0.717, 1.165) is 25.7 Å². The number of amides is 1. The van der Waals surface area contributed by atoms with Crippen molar-refractivity contribution in [1.29, 1.82) is 0 Å². The van der Waals surface area contributed by atoms with Gasteiger partial charge in [0.25, 0.3) is 0 Å². The van der Waals surface area contributed by atoms with Crippen LogP contribution < -0.4 is 5.32 Å². The number of nitrogens with one attached hydrogen (secondary N) is 1. The first kappa shape index (κ1) is 13.6. The van der Waals surface area contributed by atoms with E-state index in [1.54, 1.807) is 0 Å². The van der Waals surface area contributed by atoms with E-state index in [1.165, 1.54) is 11.1 Å². The van der Waals surface area contributed by atoms with Crippen molar-refractivity contribution < 1.29 is 9.90 Å². The van der Waals surface area contributed by atoms with E-state index in [2.05, 4.69) is 34.5 Å². The monoisotopic (exact) mass is 274 g/mol. The van der Waals surface area contributed by atoms with Crippen molar-refractivity contribution >= 4 is 5.91 Å². The molecule has 1 aromatic carbocycles. The average molecular weight is 274 g/mol. The number of benzene rings is 1. The Morgan fingerprint density at radius 3 is 2.85 bits per heavy atom. The van der Waals surface area contributed by atoms with Gasteiger partial charge in [0.2, 0.25) is 5.91 Å². The van der Waals surface area contributed by atoms with Crippen molar-refractivity contribution in [2.45, 2.75) is 37.8 Å². The molecule has 1 aromatic rings. The molecule has 0 radical (unpaired) electrons. The lowest BCUT2D eigenvalue weighted by molar-refractivity contribution is -0.123. The largest absolute Gasteiger partial charge is 0.395 e. The van der Waals surface area contributed by atoms with Crippen molar-refractivity contribution in [2.75, 3.05) is 19.7 Å². The number of hydrogen-bond donors (Lipinski definition) is 2. The standard InChI is InChI=1S/C16H22N2O2/c19-10-9-18(11-16(20)17-13-6-7-13)15-8-5-12-3-1-2-4-14(12)15/h1-4,13,15,19H,5-11H2,(H,17,20). The summed E-state index contributed by atoms with van der Waals surface area (Å²) in [5, 5.41) is 12.3. The lowest BCUT2D eigenvalue weighted by Crippen LogP contribution is -2.40. The molecule has 0 aromatic heterocycles. The zero-order valence-electron chi connectivity index (χ0n) is 11.7. The molecule has 1 unspecified atom stereocenters. The molecule has 20 heavy (non-hydrogen) atoms. The molecule has 2 N–H and O–H groups in total.